The zero-order valence-corrected chi connectivity index (χ0v) is 16.3. The summed E-state index contributed by atoms with van der Waals surface area (Å²) in [4.78, 5) is 24.5. The van der Waals surface area contributed by atoms with Gasteiger partial charge in [0.15, 0.2) is 0 Å². The van der Waals surface area contributed by atoms with Crippen LogP contribution in [-0.4, -0.2) is 20.9 Å². The first-order valence-corrected chi connectivity index (χ1v) is 9.59. The maximum atomic E-state index is 13.0. The van der Waals surface area contributed by atoms with E-state index in [1.54, 1.807) is 6.20 Å². The molecule has 4 N–H and O–H groups in total. The minimum absolute atomic E-state index is 0.151. The number of amides is 1. The molecule has 0 aliphatic rings. The third kappa shape index (κ3) is 3.14. The number of carbonyl (C=O) groups excluding carboxylic acids is 1. The molecule has 0 aliphatic carbocycles. The molecule has 5 rings (SSSR count). The summed E-state index contributed by atoms with van der Waals surface area (Å²) in [5.41, 5.74) is 11.9. The van der Waals surface area contributed by atoms with E-state index in [9.17, 15) is 4.79 Å². The first kappa shape index (κ1) is 17.9. The number of nitrogens with two attached hydrogens (primary N) is 1. The molecule has 6 heteroatoms. The summed E-state index contributed by atoms with van der Waals surface area (Å²) >= 11 is 0. The van der Waals surface area contributed by atoms with Gasteiger partial charge < -0.3 is 16.0 Å². The minimum Gasteiger partial charge on any atom is -0.368 e. The van der Waals surface area contributed by atoms with Gasteiger partial charge >= 0.3 is 0 Å². The Labute approximate surface area is 172 Å². The van der Waals surface area contributed by atoms with Gasteiger partial charge in [-0.05, 0) is 66.1 Å². The predicted molar refractivity (Wildman–Crippen MR) is 120 cm³/mol. The average Bonchev–Trinajstić information content (AvgIpc) is 3.23. The van der Waals surface area contributed by atoms with Crippen LogP contribution >= 0.6 is 0 Å². The van der Waals surface area contributed by atoms with Crippen LogP contribution < -0.4 is 11.1 Å². The molecule has 2 aromatic heterocycles. The van der Waals surface area contributed by atoms with Gasteiger partial charge in [-0.1, -0.05) is 18.2 Å². The molecule has 5 aromatic rings. The molecule has 30 heavy (non-hydrogen) atoms. The van der Waals surface area contributed by atoms with Gasteiger partial charge in [-0.15, -0.1) is 0 Å². The number of anilines is 2. The third-order valence-corrected chi connectivity index (χ3v) is 5.25. The van der Waals surface area contributed by atoms with Crippen molar-refractivity contribution in [3.05, 3.63) is 84.2 Å². The molecule has 0 spiro atoms. The monoisotopic (exact) mass is 393 g/mol. The highest BCUT2D eigenvalue weighted by atomic mass is 16.1. The maximum absolute atomic E-state index is 13.0. The highest BCUT2D eigenvalue weighted by molar-refractivity contribution is 6.09. The van der Waals surface area contributed by atoms with Gasteiger partial charge in [0.05, 0.1) is 11.2 Å². The lowest BCUT2D eigenvalue weighted by molar-refractivity contribution is 0.102. The van der Waals surface area contributed by atoms with E-state index in [1.165, 1.54) is 0 Å². The molecule has 146 valence electrons. The maximum Gasteiger partial charge on any atom is 0.255 e. The number of hydrogen-bond acceptors (Lipinski definition) is 4. The lowest BCUT2D eigenvalue weighted by atomic mass is 9.97. The van der Waals surface area contributed by atoms with Crippen molar-refractivity contribution in [3.63, 3.8) is 0 Å². The Balaban J connectivity index is 1.51. The quantitative estimate of drug-likeness (QED) is 0.405. The summed E-state index contributed by atoms with van der Waals surface area (Å²) < 4.78 is 0. The van der Waals surface area contributed by atoms with Crippen molar-refractivity contribution in [3.8, 4) is 11.1 Å². The van der Waals surface area contributed by atoms with Crippen molar-refractivity contribution < 1.29 is 4.79 Å². The topological polar surface area (TPSA) is 96.7 Å². The number of nitrogens with zero attached hydrogens (tertiary/aromatic N) is 2. The molecule has 0 fully saturated rings. The van der Waals surface area contributed by atoms with Crippen LogP contribution in [0.25, 0.3) is 32.9 Å². The van der Waals surface area contributed by atoms with Crippen LogP contribution in [0.5, 0.6) is 0 Å². The number of H-pyrrole nitrogens is 1. The number of nitrogen functional groups attached to an aromatic ring is 1. The Morgan fingerprint density at radius 1 is 1.07 bits per heavy atom. The molecule has 0 radical (unpaired) electrons. The van der Waals surface area contributed by atoms with E-state index in [4.69, 9.17) is 5.73 Å². The summed E-state index contributed by atoms with van der Waals surface area (Å²) in [5, 5.41) is 4.91. The van der Waals surface area contributed by atoms with Gasteiger partial charge in [0.1, 0.15) is 0 Å². The van der Waals surface area contributed by atoms with E-state index < -0.39 is 0 Å². The van der Waals surface area contributed by atoms with Crippen molar-refractivity contribution in [2.45, 2.75) is 6.92 Å². The normalized spacial score (nSPS) is 11.1. The summed E-state index contributed by atoms with van der Waals surface area (Å²) in [6.07, 6.45) is 3.58. The number of nitrogens with one attached hydrogen (secondary N) is 2. The van der Waals surface area contributed by atoms with Crippen molar-refractivity contribution in [2.24, 2.45) is 0 Å². The third-order valence-electron chi connectivity index (χ3n) is 5.25. The van der Waals surface area contributed by atoms with Crippen molar-refractivity contribution in [1.29, 1.82) is 0 Å². The van der Waals surface area contributed by atoms with Crippen LogP contribution in [0.3, 0.4) is 0 Å². The molecule has 0 aliphatic heterocycles. The van der Waals surface area contributed by atoms with E-state index in [0.29, 0.717) is 5.56 Å². The number of rotatable bonds is 3. The number of aromatic nitrogens is 3. The second kappa shape index (κ2) is 7.00. The number of hydrogen-bond donors (Lipinski definition) is 3. The molecular formula is C24H19N5O. The number of aromatic amines is 1. The Hall–Kier alpha value is -4.19. The Kier molecular flexibility index (Phi) is 4.17. The Morgan fingerprint density at radius 2 is 1.97 bits per heavy atom. The molecule has 6 nitrogen and oxygen atoms in total. The van der Waals surface area contributed by atoms with E-state index in [0.717, 1.165) is 44.2 Å². The zero-order valence-electron chi connectivity index (χ0n) is 16.3. The van der Waals surface area contributed by atoms with Crippen molar-refractivity contribution in [1.82, 2.24) is 15.0 Å². The lowest BCUT2D eigenvalue weighted by Crippen LogP contribution is -2.12. The Bertz CT molecular complexity index is 1420. The van der Waals surface area contributed by atoms with Crippen molar-refractivity contribution >= 4 is 39.3 Å². The first-order chi connectivity index (χ1) is 14.6. The number of benzene rings is 3. The fourth-order valence-electron chi connectivity index (χ4n) is 3.68. The molecule has 0 bridgehead atoms. The van der Waals surface area contributed by atoms with Gasteiger partial charge in [-0.3, -0.25) is 4.79 Å². The van der Waals surface area contributed by atoms with Gasteiger partial charge in [0, 0.05) is 34.2 Å². The van der Waals surface area contributed by atoms with Gasteiger partial charge in [-0.2, -0.15) is 0 Å². The first-order valence-electron chi connectivity index (χ1n) is 9.59. The molecule has 0 atom stereocenters. The van der Waals surface area contributed by atoms with Crippen LogP contribution in [0.2, 0.25) is 0 Å². The van der Waals surface area contributed by atoms with E-state index in [1.807, 2.05) is 73.8 Å². The summed E-state index contributed by atoms with van der Waals surface area (Å²) in [6, 6.07) is 19.4. The molecule has 0 saturated heterocycles. The molecule has 2 heterocycles. The van der Waals surface area contributed by atoms with Gasteiger partial charge in [-0.25, -0.2) is 9.97 Å². The molecular weight excluding hydrogens is 374 g/mol. The molecule has 0 unspecified atom stereocenters. The van der Waals surface area contributed by atoms with Crippen LogP contribution in [0.1, 0.15) is 15.9 Å². The van der Waals surface area contributed by atoms with Crippen LogP contribution in [0.15, 0.2) is 73.1 Å². The molecule has 0 saturated carbocycles. The molecule has 1 amide bonds. The van der Waals surface area contributed by atoms with Crippen LogP contribution in [0, 0.1) is 6.92 Å². The van der Waals surface area contributed by atoms with Crippen LogP contribution in [-0.2, 0) is 0 Å². The van der Waals surface area contributed by atoms with Crippen molar-refractivity contribution in [2.75, 3.05) is 11.1 Å². The summed E-state index contributed by atoms with van der Waals surface area (Å²) in [7, 11) is 0. The van der Waals surface area contributed by atoms with E-state index >= 15 is 0 Å². The summed E-state index contributed by atoms with van der Waals surface area (Å²) in [5.74, 6) is 0.101. The zero-order chi connectivity index (χ0) is 20.7. The lowest BCUT2D eigenvalue weighted by Gasteiger charge is -2.11. The number of aryl methyl sites for hydroxylation is 1. The fourth-order valence-corrected chi connectivity index (χ4v) is 3.68. The fraction of sp³-hybridized carbons (Fsp3) is 0.0417. The average molecular weight is 393 g/mol. The second-order valence-corrected chi connectivity index (χ2v) is 7.23. The second-order valence-electron chi connectivity index (χ2n) is 7.23. The van der Waals surface area contributed by atoms with Gasteiger partial charge in [0.25, 0.3) is 5.91 Å². The van der Waals surface area contributed by atoms with Gasteiger partial charge in [0.2, 0.25) is 5.95 Å². The highest BCUT2D eigenvalue weighted by Gasteiger charge is 2.12. The van der Waals surface area contributed by atoms with Crippen LogP contribution in [0.4, 0.5) is 11.6 Å². The molecule has 3 aromatic carbocycles. The smallest absolute Gasteiger partial charge is 0.255 e. The Morgan fingerprint density at radius 3 is 2.87 bits per heavy atom. The predicted octanol–water partition coefficient (Wildman–Crippen LogP) is 4.92. The SMILES string of the molecule is Cc1ccc(C(=O)Nc2cccc3[nH]ccc23)cc1-c1ccc2nc(N)ncc2c1. The largest absolute Gasteiger partial charge is 0.368 e. The van der Waals surface area contributed by atoms with E-state index in [-0.39, 0.29) is 11.9 Å². The minimum atomic E-state index is -0.151. The standard InChI is InChI=1S/C24H19N5O/c1-14-5-6-16(23(30)28-22-4-2-3-21-18(22)9-10-26-21)12-19(14)15-7-8-20-17(11-15)13-27-24(25)29-20/h2-13,26H,1H3,(H,28,30)(H2,25,27,29). The number of fused-ring (bicyclic) bond motifs is 2. The number of carbonyl (C=O) groups is 1. The van der Waals surface area contributed by atoms with E-state index in [2.05, 4.69) is 20.3 Å². The highest BCUT2D eigenvalue weighted by Crippen LogP contribution is 2.28. The summed E-state index contributed by atoms with van der Waals surface area (Å²) in [6.45, 7) is 2.03.